The molecular formula is C21H16O2. The van der Waals surface area contributed by atoms with Crippen LogP contribution in [-0.2, 0) is 5.79 Å². The van der Waals surface area contributed by atoms with Crippen LogP contribution in [0.25, 0.3) is 21.5 Å². The van der Waals surface area contributed by atoms with Crippen molar-refractivity contribution in [2.75, 3.05) is 0 Å². The number of benzene rings is 4. The van der Waals surface area contributed by atoms with Crippen LogP contribution in [-0.4, -0.2) is 10.2 Å². The fraction of sp³-hybridized carbons (Fsp3) is 0.0476. The molecule has 23 heavy (non-hydrogen) atoms. The molecule has 2 nitrogen and oxygen atoms in total. The highest BCUT2D eigenvalue weighted by Gasteiger charge is 2.31. The normalized spacial score (nSPS) is 11.9. The van der Waals surface area contributed by atoms with Crippen molar-refractivity contribution < 1.29 is 10.2 Å². The van der Waals surface area contributed by atoms with Gasteiger partial charge in [-0.2, -0.15) is 0 Å². The van der Waals surface area contributed by atoms with E-state index in [1.165, 1.54) is 0 Å². The summed E-state index contributed by atoms with van der Waals surface area (Å²) in [6.07, 6.45) is 0. The summed E-state index contributed by atoms with van der Waals surface area (Å²) in [6.45, 7) is 0. The summed E-state index contributed by atoms with van der Waals surface area (Å²) in [5.41, 5.74) is 0.985. The van der Waals surface area contributed by atoms with E-state index in [2.05, 4.69) is 0 Å². The van der Waals surface area contributed by atoms with Crippen LogP contribution in [0.1, 0.15) is 11.1 Å². The first-order chi connectivity index (χ1) is 11.2. The number of rotatable bonds is 2. The fourth-order valence-electron chi connectivity index (χ4n) is 3.20. The smallest absolute Gasteiger partial charge is 0.218 e. The van der Waals surface area contributed by atoms with E-state index in [-0.39, 0.29) is 0 Å². The Morgan fingerprint density at radius 3 is 1.35 bits per heavy atom. The lowest BCUT2D eigenvalue weighted by molar-refractivity contribution is -0.129. The Morgan fingerprint density at radius 2 is 0.870 bits per heavy atom. The molecule has 0 aromatic heterocycles. The molecule has 2 heteroatoms. The molecule has 0 aliphatic heterocycles. The summed E-state index contributed by atoms with van der Waals surface area (Å²) in [5, 5.41) is 25.7. The van der Waals surface area contributed by atoms with Crippen molar-refractivity contribution in [3.05, 3.63) is 96.1 Å². The predicted molar refractivity (Wildman–Crippen MR) is 93.1 cm³/mol. The van der Waals surface area contributed by atoms with Crippen LogP contribution >= 0.6 is 0 Å². The Balaban J connectivity index is 2.02. The quantitative estimate of drug-likeness (QED) is 0.545. The third-order valence-electron chi connectivity index (χ3n) is 4.33. The van der Waals surface area contributed by atoms with E-state index < -0.39 is 5.79 Å². The Labute approximate surface area is 134 Å². The maximum absolute atomic E-state index is 11.0. The van der Waals surface area contributed by atoms with Gasteiger partial charge in [-0.25, -0.2) is 0 Å². The lowest BCUT2D eigenvalue weighted by Gasteiger charge is -2.25. The molecule has 0 saturated heterocycles. The van der Waals surface area contributed by atoms with E-state index in [0.717, 1.165) is 21.5 Å². The maximum atomic E-state index is 11.0. The Bertz CT molecular complexity index is 911. The molecule has 0 saturated carbocycles. The highest BCUT2D eigenvalue weighted by molar-refractivity contribution is 5.90. The maximum Gasteiger partial charge on any atom is 0.218 e. The van der Waals surface area contributed by atoms with Crippen molar-refractivity contribution in [2.24, 2.45) is 0 Å². The van der Waals surface area contributed by atoms with Crippen molar-refractivity contribution in [1.82, 2.24) is 0 Å². The van der Waals surface area contributed by atoms with Gasteiger partial charge in [-0.15, -0.1) is 0 Å². The van der Waals surface area contributed by atoms with E-state index in [0.29, 0.717) is 11.1 Å². The molecule has 0 bridgehead atoms. The van der Waals surface area contributed by atoms with Gasteiger partial charge in [-0.05, 0) is 21.5 Å². The average Bonchev–Trinajstić information content (AvgIpc) is 2.60. The molecule has 0 aliphatic rings. The molecule has 4 aromatic carbocycles. The Hall–Kier alpha value is -2.68. The zero-order chi connectivity index (χ0) is 15.9. The van der Waals surface area contributed by atoms with Crippen LogP contribution in [0.2, 0.25) is 0 Å². The lowest BCUT2D eigenvalue weighted by atomic mass is 9.90. The summed E-state index contributed by atoms with van der Waals surface area (Å²) < 4.78 is 0. The summed E-state index contributed by atoms with van der Waals surface area (Å²) in [5.74, 6) is -2.05. The van der Waals surface area contributed by atoms with Crippen molar-refractivity contribution in [3.8, 4) is 0 Å². The molecule has 0 aliphatic carbocycles. The van der Waals surface area contributed by atoms with Gasteiger partial charge >= 0.3 is 0 Å². The number of fused-ring (bicyclic) bond motifs is 2. The Morgan fingerprint density at radius 1 is 0.478 bits per heavy atom. The number of hydrogen-bond donors (Lipinski definition) is 2. The topological polar surface area (TPSA) is 40.5 Å². The zero-order valence-corrected chi connectivity index (χ0v) is 12.5. The van der Waals surface area contributed by atoms with Gasteiger partial charge in [0, 0.05) is 11.1 Å². The summed E-state index contributed by atoms with van der Waals surface area (Å²) >= 11 is 0. The third-order valence-corrected chi connectivity index (χ3v) is 4.33. The van der Waals surface area contributed by atoms with Gasteiger partial charge < -0.3 is 10.2 Å². The molecule has 4 rings (SSSR count). The van der Waals surface area contributed by atoms with Crippen LogP contribution in [0.15, 0.2) is 84.9 Å². The average molecular weight is 300 g/mol. The van der Waals surface area contributed by atoms with Crippen LogP contribution in [0.5, 0.6) is 0 Å². The van der Waals surface area contributed by atoms with E-state index in [9.17, 15) is 10.2 Å². The summed E-state index contributed by atoms with van der Waals surface area (Å²) in [4.78, 5) is 0. The predicted octanol–water partition coefficient (Wildman–Crippen LogP) is 4.18. The van der Waals surface area contributed by atoms with Crippen molar-refractivity contribution >= 4 is 21.5 Å². The first-order valence-corrected chi connectivity index (χ1v) is 7.59. The second-order valence-electron chi connectivity index (χ2n) is 5.73. The van der Waals surface area contributed by atoms with Crippen molar-refractivity contribution in [2.45, 2.75) is 5.79 Å². The standard InChI is InChI=1S/C21H16O2/c22-21(23,19-13-5-9-15-7-1-3-11-17(15)19)20-14-6-10-16-8-2-4-12-18(16)20/h1-14,22-23H. The van der Waals surface area contributed by atoms with Crippen LogP contribution < -0.4 is 0 Å². The monoisotopic (exact) mass is 300 g/mol. The van der Waals surface area contributed by atoms with Gasteiger partial charge in [0.2, 0.25) is 5.79 Å². The summed E-state index contributed by atoms with van der Waals surface area (Å²) in [6, 6.07) is 26.7. The van der Waals surface area contributed by atoms with Crippen LogP contribution in [0.3, 0.4) is 0 Å². The van der Waals surface area contributed by atoms with Gasteiger partial charge in [0.1, 0.15) is 0 Å². The lowest BCUT2D eigenvalue weighted by Crippen LogP contribution is -2.27. The van der Waals surface area contributed by atoms with Gasteiger partial charge in [0.25, 0.3) is 0 Å². The minimum absolute atomic E-state index is 0.493. The highest BCUT2D eigenvalue weighted by atomic mass is 16.5. The van der Waals surface area contributed by atoms with Crippen molar-refractivity contribution in [1.29, 1.82) is 0 Å². The second kappa shape index (κ2) is 5.20. The minimum atomic E-state index is -2.05. The SMILES string of the molecule is OC(O)(c1cccc2ccccc12)c1cccc2ccccc12. The first kappa shape index (κ1) is 13.9. The van der Waals surface area contributed by atoms with E-state index in [1.54, 1.807) is 12.1 Å². The molecule has 0 radical (unpaired) electrons. The van der Waals surface area contributed by atoms with E-state index in [4.69, 9.17) is 0 Å². The third kappa shape index (κ3) is 2.20. The summed E-state index contributed by atoms with van der Waals surface area (Å²) in [7, 11) is 0. The molecular weight excluding hydrogens is 284 g/mol. The largest absolute Gasteiger partial charge is 0.358 e. The molecule has 0 heterocycles. The van der Waals surface area contributed by atoms with Gasteiger partial charge in [0.15, 0.2) is 0 Å². The zero-order valence-electron chi connectivity index (χ0n) is 12.5. The Kier molecular flexibility index (Phi) is 3.15. The molecule has 0 spiro atoms. The van der Waals surface area contributed by atoms with E-state index in [1.807, 2.05) is 72.8 Å². The molecule has 0 atom stereocenters. The number of aliphatic hydroxyl groups is 2. The van der Waals surface area contributed by atoms with Gasteiger partial charge in [-0.1, -0.05) is 84.9 Å². The van der Waals surface area contributed by atoms with Gasteiger partial charge in [-0.3, -0.25) is 0 Å². The highest BCUT2D eigenvalue weighted by Crippen LogP contribution is 2.35. The number of hydrogen-bond acceptors (Lipinski definition) is 2. The van der Waals surface area contributed by atoms with Crippen LogP contribution in [0, 0.1) is 0 Å². The first-order valence-electron chi connectivity index (χ1n) is 7.59. The second-order valence-corrected chi connectivity index (χ2v) is 5.73. The minimum Gasteiger partial charge on any atom is -0.358 e. The fourth-order valence-corrected chi connectivity index (χ4v) is 3.20. The molecule has 4 aromatic rings. The molecule has 0 unspecified atom stereocenters. The van der Waals surface area contributed by atoms with Crippen LogP contribution in [0.4, 0.5) is 0 Å². The van der Waals surface area contributed by atoms with Crippen molar-refractivity contribution in [3.63, 3.8) is 0 Å². The molecule has 2 N–H and O–H groups in total. The molecule has 0 amide bonds. The molecule has 0 fully saturated rings. The molecule has 112 valence electrons. The van der Waals surface area contributed by atoms with E-state index >= 15 is 0 Å². The van der Waals surface area contributed by atoms with Gasteiger partial charge in [0.05, 0.1) is 0 Å².